The molecule has 0 fully saturated rings. The van der Waals surface area contributed by atoms with Crippen molar-refractivity contribution >= 4 is 28.0 Å². The minimum Gasteiger partial charge on any atom is -0.477 e. The van der Waals surface area contributed by atoms with Crippen molar-refractivity contribution in [1.29, 1.82) is 0 Å². The van der Waals surface area contributed by atoms with Gasteiger partial charge >= 0.3 is 5.97 Å². The van der Waals surface area contributed by atoms with Gasteiger partial charge in [0.05, 0.1) is 5.69 Å². The number of alkyl halides is 1. The van der Waals surface area contributed by atoms with E-state index in [-0.39, 0.29) is 5.69 Å². The Kier molecular flexibility index (Phi) is 4.32. The molecule has 0 unspecified atom stereocenters. The van der Waals surface area contributed by atoms with E-state index in [0.717, 1.165) is 11.8 Å². The van der Waals surface area contributed by atoms with Gasteiger partial charge in [0, 0.05) is 5.33 Å². The van der Waals surface area contributed by atoms with Crippen molar-refractivity contribution in [3.8, 4) is 0 Å². The maximum atomic E-state index is 10.6. The van der Waals surface area contributed by atoms with E-state index in [0.29, 0.717) is 5.69 Å². The molecular formula is C10H10BrNO2. The van der Waals surface area contributed by atoms with E-state index in [1.165, 1.54) is 6.07 Å². The monoisotopic (exact) mass is 255 g/mol. The van der Waals surface area contributed by atoms with Crippen molar-refractivity contribution in [1.82, 2.24) is 4.98 Å². The van der Waals surface area contributed by atoms with E-state index >= 15 is 0 Å². The maximum absolute atomic E-state index is 10.6. The Morgan fingerprint density at radius 3 is 3.00 bits per heavy atom. The van der Waals surface area contributed by atoms with Gasteiger partial charge in [0.25, 0.3) is 0 Å². The molecule has 1 aromatic rings. The average Bonchev–Trinajstić information content (AvgIpc) is 2.19. The summed E-state index contributed by atoms with van der Waals surface area (Å²) in [6.07, 6.45) is 4.66. The number of carboxylic acids is 1. The topological polar surface area (TPSA) is 50.2 Å². The van der Waals surface area contributed by atoms with Crippen LogP contribution in [0.2, 0.25) is 0 Å². The predicted molar refractivity (Wildman–Crippen MR) is 58.6 cm³/mol. The molecule has 0 saturated heterocycles. The lowest BCUT2D eigenvalue weighted by Crippen LogP contribution is -2.00. The number of hydrogen-bond acceptors (Lipinski definition) is 2. The van der Waals surface area contributed by atoms with Crippen LogP contribution in [0.15, 0.2) is 24.3 Å². The number of aromatic carboxylic acids is 1. The third kappa shape index (κ3) is 3.30. The van der Waals surface area contributed by atoms with Crippen molar-refractivity contribution in [2.24, 2.45) is 0 Å². The molecule has 0 atom stereocenters. The summed E-state index contributed by atoms with van der Waals surface area (Å²) in [7, 11) is 0. The zero-order chi connectivity index (χ0) is 10.4. The fraction of sp³-hybridized carbons (Fsp3) is 0.200. The molecule has 0 saturated carbocycles. The van der Waals surface area contributed by atoms with Crippen molar-refractivity contribution in [3.05, 3.63) is 35.7 Å². The molecule has 0 aliphatic heterocycles. The number of hydrogen-bond donors (Lipinski definition) is 1. The van der Waals surface area contributed by atoms with Gasteiger partial charge in [-0.25, -0.2) is 9.78 Å². The molecule has 1 rings (SSSR count). The van der Waals surface area contributed by atoms with Crippen LogP contribution in [-0.4, -0.2) is 21.4 Å². The lowest BCUT2D eigenvalue weighted by Gasteiger charge is -1.95. The van der Waals surface area contributed by atoms with Gasteiger partial charge < -0.3 is 5.11 Å². The number of allylic oxidation sites excluding steroid dienone is 1. The van der Waals surface area contributed by atoms with Crippen LogP contribution in [-0.2, 0) is 0 Å². The Labute approximate surface area is 90.6 Å². The number of halogens is 1. The Morgan fingerprint density at radius 2 is 2.36 bits per heavy atom. The standard InChI is InChI=1S/C10H10BrNO2/c11-7-2-1-4-8-5-3-6-9(12-8)10(13)14/h1,3-6H,2,7H2,(H,13,14). The van der Waals surface area contributed by atoms with Crippen LogP contribution in [0.5, 0.6) is 0 Å². The fourth-order valence-electron chi connectivity index (χ4n) is 0.930. The highest BCUT2D eigenvalue weighted by molar-refractivity contribution is 9.09. The van der Waals surface area contributed by atoms with E-state index in [1.807, 2.05) is 12.2 Å². The SMILES string of the molecule is O=C(O)c1cccc(C=CCCBr)n1. The molecule has 0 bridgehead atoms. The van der Waals surface area contributed by atoms with Gasteiger partial charge in [0.2, 0.25) is 0 Å². The Morgan fingerprint density at radius 1 is 1.57 bits per heavy atom. The third-order valence-corrected chi connectivity index (χ3v) is 2.01. The smallest absolute Gasteiger partial charge is 0.354 e. The summed E-state index contributed by atoms with van der Waals surface area (Å²) < 4.78 is 0. The van der Waals surface area contributed by atoms with Gasteiger partial charge in [-0.05, 0) is 24.6 Å². The van der Waals surface area contributed by atoms with Gasteiger partial charge in [0.15, 0.2) is 0 Å². The summed E-state index contributed by atoms with van der Waals surface area (Å²) in [5.74, 6) is -0.999. The van der Waals surface area contributed by atoms with Crippen LogP contribution in [0, 0.1) is 0 Å². The lowest BCUT2D eigenvalue weighted by atomic mass is 10.2. The lowest BCUT2D eigenvalue weighted by molar-refractivity contribution is 0.0690. The second-order valence-electron chi connectivity index (χ2n) is 2.63. The molecule has 4 heteroatoms. The highest BCUT2D eigenvalue weighted by Crippen LogP contribution is 2.02. The molecule has 0 spiro atoms. The van der Waals surface area contributed by atoms with E-state index in [2.05, 4.69) is 20.9 Å². The molecule has 14 heavy (non-hydrogen) atoms. The molecule has 0 aliphatic rings. The third-order valence-electron chi connectivity index (χ3n) is 1.55. The molecule has 0 radical (unpaired) electrons. The van der Waals surface area contributed by atoms with Gasteiger partial charge in [-0.1, -0.05) is 28.1 Å². The Hall–Kier alpha value is -1.16. The summed E-state index contributed by atoms with van der Waals surface area (Å²) in [6.45, 7) is 0. The van der Waals surface area contributed by atoms with Gasteiger partial charge in [-0.3, -0.25) is 0 Å². The minimum absolute atomic E-state index is 0.0750. The summed E-state index contributed by atoms with van der Waals surface area (Å²) in [5, 5.41) is 9.58. The molecule has 0 aliphatic carbocycles. The zero-order valence-electron chi connectivity index (χ0n) is 7.48. The van der Waals surface area contributed by atoms with Gasteiger partial charge in [-0.15, -0.1) is 0 Å². The first-order chi connectivity index (χ1) is 6.74. The summed E-state index contributed by atoms with van der Waals surface area (Å²) in [5.41, 5.74) is 0.747. The quantitative estimate of drug-likeness (QED) is 0.842. The van der Waals surface area contributed by atoms with Crippen LogP contribution < -0.4 is 0 Å². The number of carboxylic acid groups (broad SMARTS) is 1. The normalized spacial score (nSPS) is 10.6. The first-order valence-electron chi connectivity index (χ1n) is 4.17. The van der Waals surface area contributed by atoms with Gasteiger partial charge in [-0.2, -0.15) is 0 Å². The summed E-state index contributed by atoms with van der Waals surface area (Å²) in [4.78, 5) is 14.5. The zero-order valence-corrected chi connectivity index (χ0v) is 9.07. The first-order valence-corrected chi connectivity index (χ1v) is 5.29. The van der Waals surface area contributed by atoms with Crippen molar-refractivity contribution in [2.45, 2.75) is 6.42 Å². The Bertz CT molecular complexity index is 350. The number of pyridine rings is 1. The van der Waals surface area contributed by atoms with Crippen LogP contribution in [0.3, 0.4) is 0 Å². The largest absolute Gasteiger partial charge is 0.477 e. The highest BCUT2D eigenvalue weighted by atomic mass is 79.9. The van der Waals surface area contributed by atoms with Crippen molar-refractivity contribution < 1.29 is 9.90 Å². The molecule has 0 amide bonds. The molecular weight excluding hydrogens is 246 g/mol. The second-order valence-corrected chi connectivity index (χ2v) is 3.43. The fourth-order valence-corrected chi connectivity index (χ4v) is 1.19. The molecule has 1 aromatic heterocycles. The summed E-state index contributed by atoms with van der Waals surface area (Å²) in [6, 6.07) is 4.94. The van der Waals surface area contributed by atoms with Crippen LogP contribution in [0.25, 0.3) is 6.08 Å². The van der Waals surface area contributed by atoms with E-state index < -0.39 is 5.97 Å². The van der Waals surface area contributed by atoms with Crippen molar-refractivity contribution in [3.63, 3.8) is 0 Å². The highest BCUT2D eigenvalue weighted by Gasteiger charge is 2.02. The van der Waals surface area contributed by atoms with E-state index in [9.17, 15) is 4.79 Å². The maximum Gasteiger partial charge on any atom is 0.354 e. The predicted octanol–water partition coefficient (Wildman–Crippen LogP) is 2.58. The van der Waals surface area contributed by atoms with Gasteiger partial charge in [0.1, 0.15) is 5.69 Å². The van der Waals surface area contributed by atoms with Crippen LogP contribution in [0.4, 0.5) is 0 Å². The molecule has 3 nitrogen and oxygen atoms in total. The van der Waals surface area contributed by atoms with E-state index in [4.69, 9.17) is 5.11 Å². The van der Waals surface area contributed by atoms with Crippen LogP contribution in [0.1, 0.15) is 22.6 Å². The number of nitrogens with zero attached hydrogens (tertiary/aromatic N) is 1. The number of rotatable bonds is 4. The van der Waals surface area contributed by atoms with Crippen molar-refractivity contribution in [2.75, 3.05) is 5.33 Å². The molecule has 0 aromatic carbocycles. The number of aromatic nitrogens is 1. The summed E-state index contributed by atoms with van der Waals surface area (Å²) >= 11 is 3.29. The van der Waals surface area contributed by atoms with E-state index in [1.54, 1.807) is 12.1 Å². The molecule has 74 valence electrons. The number of carbonyl (C=O) groups is 1. The molecule has 1 N–H and O–H groups in total. The average molecular weight is 256 g/mol. The minimum atomic E-state index is -0.999. The molecule has 1 heterocycles. The Balaban J connectivity index is 2.78. The second kappa shape index (κ2) is 5.54. The first kappa shape index (κ1) is 10.9. The van der Waals surface area contributed by atoms with Crippen LogP contribution >= 0.6 is 15.9 Å².